The summed E-state index contributed by atoms with van der Waals surface area (Å²) in [7, 11) is 0. The van der Waals surface area contributed by atoms with Crippen LogP contribution in [0.4, 0.5) is 17.6 Å². The van der Waals surface area contributed by atoms with Gasteiger partial charge in [0.05, 0.1) is 12.2 Å². The molecular formula is C24H22F4O4S. The van der Waals surface area contributed by atoms with Crippen LogP contribution in [-0.2, 0) is 22.3 Å². The van der Waals surface area contributed by atoms with Crippen molar-refractivity contribution in [3.8, 4) is 21.9 Å². The van der Waals surface area contributed by atoms with Crippen molar-refractivity contribution >= 4 is 17.3 Å². The van der Waals surface area contributed by atoms with Crippen LogP contribution in [0, 0.1) is 19.7 Å². The molecule has 0 atom stereocenters. The molecule has 9 heteroatoms. The molecule has 33 heavy (non-hydrogen) atoms. The summed E-state index contributed by atoms with van der Waals surface area (Å²) in [6, 6.07) is 9.41. The molecule has 0 aliphatic heterocycles. The minimum Gasteiger partial charge on any atom is -0.488 e. The number of halogens is 4. The fourth-order valence-electron chi connectivity index (χ4n) is 3.05. The maximum atomic E-state index is 14.3. The van der Waals surface area contributed by atoms with Crippen LogP contribution in [0.3, 0.4) is 0 Å². The standard InChI is InChI=1S/C24H22F4O4S/c1-4-30-23(29)13-32-20-8-6-17(9-14(20)2)31-12-22-15(3)10-21(33-22)18-7-5-16(11-19(18)25)24(26,27)28/h5-11H,4,12-13H2,1-3H3. The fraction of sp³-hybridized carbons (Fsp3) is 0.292. The smallest absolute Gasteiger partial charge is 0.416 e. The monoisotopic (exact) mass is 482 g/mol. The van der Waals surface area contributed by atoms with Crippen molar-refractivity contribution in [2.75, 3.05) is 13.2 Å². The summed E-state index contributed by atoms with van der Waals surface area (Å²) in [6.45, 7) is 5.66. The van der Waals surface area contributed by atoms with Gasteiger partial charge in [-0.1, -0.05) is 6.07 Å². The van der Waals surface area contributed by atoms with E-state index in [-0.39, 0.29) is 25.4 Å². The molecule has 0 saturated carbocycles. The summed E-state index contributed by atoms with van der Waals surface area (Å²) in [6.07, 6.45) is -4.60. The normalized spacial score (nSPS) is 11.4. The number of hydrogen-bond acceptors (Lipinski definition) is 5. The van der Waals surface area contributed by atoms with Gasteiger partial charge in [0.25, 0.3) is 0 Å². The zero-order valence-electron chi connectivity index (χ0n) is 18.2. The van der Waals surface area contributed by atoms with Crippen molar-refractivity contribution in [1.82, 2.24) is 0 Å². The molecule has 4 nitrogen and oxygen atoms in total. The van der Waals surface area contributed by atoms with Crippen LogP contribution >= 0.6 is 11.3 Å². The minimum absolute atomic E-state index is 0.112. The summed E-state index contributed by atoms with van der Waals surface area (Å²) in [5, 5.41) is 0. The second kappa shape index (κ2) is 10.2. The Labute approximate surface area is 192 Å². The largest absolute Gasteiger partial charge is 0.488 e. The average molecular weight is 482 g/mol. The van der Waals surface area contributed by atoms with Gasteiger partial charge in [0.15, 0.2) is 6.61 Å². The zero-order valence-corrected chi connectivity index (χ0v) is 19.0. The quantitative estimate of drug-likeness (QED) is 0.264. The van der Waals surface area contributed by atoms with Gasteiger partial charge in [0, 0.05) is 15.3 Å². The molecule has 3 aromatic rings. The van der Waals surface area contributed by atoms with E-state index in [1.54, 1.807) is 31.2 Å². The molecule has 0 radical (unpaired) electrons. The molecule has 2 aromatic carbocycles. The lowest BCUT2D eigenvalue weighted by Gasteiger charge is -2.11. The molecule has 0 unspecified atom stereocenters. The molecule has 176 valence electrons. The summed E-state index contributed by atoms with van der Waals surface area (Å²) >= 11 is 1.26. The van der Waals surface area contributed by atoms with E-state index in [1.807, 2.05) is 13.8 Å². The topological polar surface area (TPSA) is 44.8 Å². The van der Waals surface area contributed by atoms with Crippen molar-refractivity contribution in [1.29, 1.82) is 0 Å². The second-order valence-electron chi connectivity index (χ2n) is 7.22. The van der Waals surface area contributed by atoms with Crippen LogP contribution in [0.5, 0.6) is 11.5 Å². The highest BCUT2D eigenvalue weighted by molar-refractivity contribution is 7.15. The van der Waals surface area contributed by atoms with Crippen molar-refractivity contribution in [3.05, 3.63) is 69.8 Å². The van der Waals surface area contributed by atoms with Gasteiger partial charge in [-0.2, -0.15) is 13.2 Å². The Balaban J connectivity index is 1.67. The molecule has 0 amide bonds. The van der Waals surface area contributed by atoms with E-state index in [0.717, 1.165) is 28.1 Å². The van der Waals surface area contributed by atoms with Crippen LogP contribution in [0.25, 0.3) is 10.4 Å². The Morgan fingerprint density at radius 3 is 2.39 bits per heavy atom. The van der Waals surface area contributed by atoms with Gasteiger partial charge >= 0.3 is 12.1 Å². The van der Waals surface area contributed by atoms with Crippen LogP contribution in [0.1, 0.15) is 28.5 Å². The molecule has 3 rings (SSSR count). The second-order valence-corrected chi connectivity index (χ2v) is 8.36. The molecular weight excluding hydrogens is 460 g/mol. The SMILES string of the molecule is CCOC(=O)COc1ccc(OCc2sc(-c3ccc(C(F)(F)F)cc3F)cc2C)cc1C. The number of alkyl halides is 3. The van der Waals surface area contributed by atoms with Gasteiger partial charge in [0.2, 0.25) is 0 Å². The summed E-state index contributed by atoms with van der Waals surface area (Å²) in [4.78, 5) is 12.8. The third-order valence-electron chi connectivity index (χ3n) is 4.75. The van der Waals surface area contributed by atoms with Gasteiger partial charge in [-0.15, -0.1) is 11.3 Å². The Morgan fingerprint density at radius 1 is 1.00 bits per heavy atom. The van der Waals surface area contributed by atoms with E-state index >= 15 is 0 Å². The molecule has 0 spiro atoms. The number of ether oxygens (including phenoxy) is 3. The molecule has 0 N–H and O–H groups in total. The molecule has 0 saturated heterocycles. The zero-order chi connectivity index (χ0) is 24.2. The van der Waals surface area contributed by atoms with Crippen molar-refractivity contribution in [2.45, 2.75) is 33.6 Å². The Hall–Kier alpha value is -3.07. The first-order valence-electron chi connectivity index (χ1n) is 10.1. The van der Waals surface area contributed by atoms with E-state index in [9.17, 15) is 22.4 Å². The van der Waals surface area contributed by atoms with Crippen LogP contribution < -0.4 is 9.47 Å². The van der Waals surface area contributed by atoms with Gasteiger partial charge in [-0.25, -0.2) is 9.18 Å². The van der Waals surface area contributed by atoms with E-state index in [0.29, 0.717) is 22.4 Å². The average Bonchev–Trinajstić information content (AvgIpc) is 3.11. The summed E-state index contributed by atoms with van der Waals surface area (Å²) < 4.78 is 68.8. The van der Waals surface area contributed by atoms with Crippen LogP contribution in [0.15, 0.2) is 42.5 Å². The predicted octanol–water partition coefficient (Wildman–Crippen LogP) is 6.71. The lowest BCUT2D eigenvalue weighted by molar-refractivity contribution is -0.145. The predicted molar refractivity (Wildman–Crippen MR) is 117 cm³/mol. The minimum atomic E-state index is -4.60. The third-order valence-corrected chi connectivity index (χ3v) is 5.99. The lowest BCUT2D eigenvalue weighted by Crippen LogP contribution is -2.14. The number of rotatable bonds is 8. The first-order chi connectivity index (χ1) is 15.6. The molecule has 0 bridgehead atoms. The van der Waals surface area contributed by atoms with Gasteiger partial charge in [0.1, 0.15) is 23.9 Å². The number of aryl methyl sites for hydroxylation is 2. The number of carbonyl (C=O) groups excluding carboxylic acids is 1. The molecule has 0 aliphatic rings. The van der Waals surface area contributed by atoms with Gasteiger partial charge < -0.3 is 14.2 Å². The molecule has 1 aromatic heterocycles. The Morgan fingerprint density at radius 2 is 1.76 bits per heavy atom. The number of benzene rings is 2. The van der Waals surface area contributed by atoms with E-state index < -0.39 is 23.5 Å². The van der Waals surface area contributed by atoms with Crippen LogP contribution in [-0.4, -0.2) is 19.2 Å². The van der Waals surface area contributed by atoms with Gasteiger partial charge in [-0.05, 0) is 68.3 Å². The Bertz CT molecular complexity index is 1140. The molecule has 0 fully saturated rings. The van der Waals surface area contributed by atoms with Crippen molar-refractivity contribution in [3.63, 3.8) is 0 Å². The molecule has 0 aliphatic carbocycles. The van der Waals surface area contributed by atoms with E-state index in [4.69, 9.17) is 14.2 Å². The Kier molecular flexibility index (Phi) is 7.63. The van der Waals surface area contributed by atoms with Crippen LogP contribution in [0.2, 0.25) is 0 Å². The third kappa shape index (κ3) is 6.25. The maximum Gasteiger partial charge on any atom is 0.416 e. The van der Waals surface area contributed by atoms with Crippen molar-refractivity contribution < 1.29 is 36.6 Å². The number of carbonyl (C=O) groups is 1. The maximum absolute atomic E-state index is 14.3. The first-order valence-corrected chi connectivity index (χ1v) is 10.9. The molecule has 1 heterocycles. The van der Waals surface area contributed by atoms with Gasteiger partial charge in [-0.3, -0.25) is 0 Å². The number of thiophene rings is 1. The highest BCUT2D eigenvalue weighted by atomic mass is 32.1. The lowest BCUT2D eigenvalue weighted by atomic mass is 10.1. The van der Waals surface area contributed by atoms with E-state index in [1.165, 1.54) is 11.3 Å². The first kappa shape index (κ1) is 24.6. The number of hydrogen-bond donors (Lipinski definition) is 0. The van der Waals surface area contributed by atoms with Crippen molar-refractivity contribution in [2.24, 2.45) is 0 Å². The fourth-order valence-corrected chi connectivity index (χ4v) is 4.16. The summed E-state index contributed by atoms with van der Waals surface area (Å²) in [5.74, 6) is -0.271. The number of esters is 1. The highest BCUT2D eigenvalue weighted by Crippen LogP contribution is 2.37. The highest BCUT2D eigenvalue weighted by Gasteiger charge is 2.31. The van der Waals surface area contributed by atoms with E-state index in [2.05, 4.69) is 0 Å². The summed E-state index contributed by atoms with van der Waals surface area (Å²) in [5.41, 5.74) is 0.708.